The van der Waals surface area contributed by atoms with E-state index in [1.807, 2.05) is 4.90 Å². The summed E-state index contributed by atoms with van der Waals surface area (Å²) in [5.41, 5.74) is -0.425. The van der Waals surface area contributed by atoms with Crippen molar-refractivity contribution in [1.29, 1.82) is 0 Å². The molecule has 0 saturated carbocycles. The lowest BCUT2D eigenvalue weighted by Crippen LogP contribution is -2.36. The first-order chi connectivity index (χ1) is 14.6. The van der Waals surface area contributed by atoms with Gasteiger partial charge in [0, 0.05) is 25.2 Å². The number of alkyl halides is 3. The largest absolute Gasteiger partial charge is 0.416 e. The second-order valence-corrected chi connectivity index (χ2v) is 7.03. The normalized spacial score (nSPS) is 14.6. The minimum Gasteiger partial charge on any atom is -0.378 e. The van der Waals surface area contributed by atoms with Crippen LogP contribution in [0.5, 0.6) is 0 Å². The Hall–Kier alpha value is -3.11. The Labute approximate surface area is 180 Å². The highest BCUT2D eigenvalue weighted by atomic mass is 35.5. The lowest BCUT2D eigenvalue weighted by atomic mass is 10.1. The number of rotatable bonds is 5. The fourth-order valence-corrected chi connectivity index (χ4v) is 3.20. The Morgan fingerprint density at radius 1 is 1.19 bits per heavy atom. The maximum Gasteiger partial charge on any atom is 0.416 e. The molecule has 2 aromatic rings. The number of carbonyl (C=O) groups excluding carboxylic acids is 1. The summed E-state index contributed by atoms with van der Waals surface area (Å²) in [7, 11) is 0. The molecule has 0 aromatic heterocycles. The van der Waals surface area contributed by atoms with Crippen LogP contribution in [0.15, 0.2) is 42.5 Å². The first kappa shape index (κ1) is 22.6. The number of benzene rings is 2. The van der Waals surface area contributed by atoms with Crippen LogP contribution in [0.3, 0.4) is 0 Å². The van der Waals surface area contributed by atoms with E-state index in [4.69, 9.17) is 16.3 Å². The van der Waals surface area contributed by atoms with Gasteiger partial charge in [-0.05, 0) is 35.9 Å². The molecule has 164 valence electrons. The third-order valence-corrected chi connectivity index (χ3v) is 4.85. The van der Waals surface area contributed by atoms with Crippen molar-refractivity contribution in [3.05, 3.63) is 68.7 Å². The second kappa shape index (κ2) is 9.36. The van der Waals surface area contributed by atoms with Crippen molar-refractivity contribution in [3.63, 3.8) is 0 Å². The van der Waals surface area contributed by atoms with Gasteiger partial charge in [0.05, 0.1) is 35.1 Å². The van der Waals surface area contributed by atoms with Gasteiger partial charge in [-0.15, -0.1) is 0 Å². The molecule has 0 spiro atoms. The molecule has 2 aromatic carbocycles. The minimum absolute atomic E-state index is 0.00783. The van der Waals surface area contributed by atoms with Crippen LogP contribution in [0.2, 0.25) is 5.02 Å². The summed E-state index contributed by atoms with van der Waals surface area (Å²) in [6.07, 6.45) is -2.18. The topological polar surface area (TPSA) is 84.7 Å². The van der Waals surface area contributed by atoms with Crippen LogP contribution in [0, 0.1) is 10.1 Å². The number of halogens is 4. The van der Waals surface area contributed by atoms with Gasteiger partial charge in [0.2, 0.25) is 5.91 Å². The number of morpholine rings is 1. The molecule has 1 aliphatic heterocycles. The zero-order valence-electron chi connectivity index (χ0n) is 16.0. The van der Waals surface area contributed by atoms with Gasteiger partial charge in [0.25, 0.3) is 5.69 Å². The molecular formula is C20H17ClF3N3O4. The Balaban J connectivity index is 1.84. The predicted molar refractivity (Wildman–Crippen MR) is 110 cm³/mol. The van der Waals surface area contributed by atoms with Gasteiger partial charge in [-0.1, -0.05) is 17.7 Å². The number of ether oxygens (including phenoxy) is 1. The summed E-state index contributed by atoms with van der Waals surface area (Å²) in [6, 6.07) is 7.14. The van der Waals surface area contributed by atoms with E-state index in [1.165, 1.54) is 30.3 Å². The van der Waals surface area contributed by atoms with Gasteiger partial charge >= 0.3 is 6.18 Å². The molecule has 0 aliphatic carbocycles. The number of hydrogen-bond donors (Lipinski definition) is 1. The zero-order valence-corrected chi connectivity index (χ0v) is 16.7. The SMILES string of the molecule is O=C(/C=C/c1ccc(Cl)c([N+](=O)[O-])c1)Nc1cc(C(F)(F)F)ccc1N1CCOCC1. The zero-order chi connectivity index (χ0) is 22.6. The van der Waals surface area contributed by atoms with Gasteiger partial charge in [-0.3, -0.25) is 14.9 Å². The molecule has 0 unspecified atom stereocenters. The number of nitro benzene ring substituents is 1. The monoisotopic (exact) mass is 455 g/mol. The van der Waals surface area contributed by atoms with E-state index < -0.39 is 22.6 Å². The number of carbonyl (C=O) groups is 1. The molecule has 1 aliphatic rings. The van der Waals surface area contributed by atoms with Gasteiger partial charge < -0.3 is 15.0 Å². The summed E-state index contributed by atoms with van der Waals surface area (Å²) in [4.78, 5) is 24.5. The summed E-state index contributed by atoms with van der Waals surface area (Å²) < 4.78 is 44.7. The van der Waals surface area contributed by atoms with Crippen LogP contribution in [0.25, 0.3) is 6.08 Å². The fraction of sp³-hybridized carbons (Fsp3) is 0.250. The van der Waals surface area contributed by atoms with Crippen molar-refractivity contribution >= 4 is 40.6 Å². The number of hydrogen-bond acceptors (Lipinski definition) is 5. The Morgan fingerprint density at radius 2 is 1.90 bits per heavy atom. The van der Waals surface area contributed by atoms with E-state index in [-0.39, 0.29) is 16.4 Å². The number of nitro groups is 1. The predicted octanol–water partition coefficient (Wildman–Crippen LogP) is 4.76. The van der Waals surface area contributed by atoms with Crippen molar-refractivity contribution in [2.24, 2.45) is 0 Å². The van der Waals surface area contributed by atoms with E-state index in [1.54, 1.807) is 0 Å². The van der Waals surface area contributed by atoms with E-state index in [0.29, 0.717) is 37.6 Å². The lowest BCUT2D eigenvalue weighted by molar-refractivity contribution is -0.384. The average molecular weight is 456 g/mol. The molecule has 7 nitrogen and oxygen atoms in total. The summed E-state index contributed by atoms with van der Waals surface area (Å²) >= 11 is 5.75. The maximum absolute atomic E-state index is 13.2. The van der Waals surface area contributed by atoms with Crippen LogP contribution < -0.4 is 10.2 Å². The van der Waals surface area contributed by atoms with Crippen molar-refractivity contribution in [1.82, 2.24) is 0 Å². The standard InChI is InChI=1S/C20H17ClF3N3O4/c21-15-4-1-13(11-18(15)27(29)30)2-6-19(28)25-16-12-14(20(22,23)24)3-5-17(16)26-7-9-31-10-8-26/h1-6,11-12H,7-10H2,(H,25,28)/b6-2+. The van der Waals surface area contributed by atoms with Crippen molar-refractivity contribution in [3.8, 4) is 0 Å². The first-order valence-electron chi connectivity index (χ1n) is 9.12. The quantitative estimate of drug-likeness (QED) is 0.399. The van der Waals surface area contributed by atoms with Crippen molar-refractivity contribution in [2.75, 3.05) is 36.5 Å². The van der Waals surface area contributed by atoms with Crippen molar-refractivity contribution in [2.45, 2.75) is 6.18 Å². The molecule has 1 fully saturated rings. The summed E-state index contributed by atoms with van der Waals surface area (Å²) in [5.74, 6) is -0.688. The molecule has 0 radical (unpaired) electrons. The summed E-state index contributed by atoms with van der Waals surface area (Å²) in [5, 5.41) is 13.4. The number of nitrogens with one attached hydrogen (secondary N) is 1. The van der Waals surface area contributed by atoms with Gasteiger partial charge in [-0.2, -0.15) is 13.2 Å². The smallest absolute Gasteiger partial charge is 0.378 e. The molecule has 0 bridgehead atoms. The molecule has 1 N–H and O–H groups in total. The fourth-order valence-electron chi connectivity index (χ4n) is 3.01. The Morgan fingerprint density at radius 3 is 2.55 bits per heavy atom. The molecule has 1 amide bonds. The van der Waals surface area contributed by atoms with Gasteiger partial charge in [0.15, 0.2) is 0 Å². The Kier molecular flexibility index (Phi) is 6.81. The second-order valence-electron chi connectivity index (χ2n) is 6.62. The molecule has 11 heteroatoms. The molecule has 1 heterocycles. The highest BCUT2D eigenvalue weighted by Gasteiger charge is 2.31. The third-order valence-electron chi connectivity index (χ3n) is 4.53. The van der Waals surface area contributed by atoms with E-state index in [0.717, 1.165) is 18.2 Å². The Bertz CT molecular complexity index is 1020. The number of anilines is 2. The number of amides is 1. The third kappa shape index (κ3) is 5.74. The molecule has 3 rings (SSSR count). The van der Waals surface area contributed by atoms with Crippen LogP contribution in [0.4, 0.5) is 30.2 Å². The highest BCUT2D eigenvalue weighted by Crippen LogP contribution is 2.36. The van der Waals surface area contributed by atoms with Crippen LogP contribution in [0.1, 0.15) is 11.1 Å². The molecule has 1 saturated heterocycles. The van der Waals surface area contributed by atoms with E-state index in [9.17, 15) is 28.1 Å². The van der Waals surface area contributed by atoms with Gasteiger partial charge in [0.1, 0.15) is 5.02 Å². The van der Waals surface area contributed by atoms with Crippen LogP contribution in [-0.4, -0.2) is 37.1 Å². The van der Waals surface area contributed by atoms with E-state index >= 15 is 0 Å². The van der Waals surface area contributed by atoms with E-state index in [2.05, 4.69) is 5.32 Å². The average Bonchev–Trinajstić information content (AvgIpc) is 2.73. The maximum atomic E-state index is 13.2. The molecule has 0 atom stereocenters. The van der Waals surface area contributed by atoms with Crippen LogP contribution in [-0.2, 0) is 15.7 Å². The first-order valence-corrected chi connectivity index (χ1v) is 9.50. The summed E-state index contributed by atoms with van der Waals surface area (Å²) in [6.45, 7) is 1.78. The highest BCUT2D eigenvalue weighted by molar-refractivity contribution is 6.32. The molecular weight excluding hydrogens is 439 g/mol. The van der Waals surface area contributed by atoms with Crippen molar-refractivity contribution < 1.29 is 27.6 Å². The minimum atomic E-state index is -4.57. The molecule has 31 heavy (non-hydrogen) atoms. The van der Waals surface area contributed by atoms with Crippen LogP contribution >= 0.6 is 11.6 Å². The van der Waals surface area contributed by atoms with Gasteiger partial charge in [-0.25, -0.2) is 0 Å². The number of nitrogens with zero attached hydrogens (tertiary/aromatic N) is 2. The lowest BCUT2D eigenvalue weighted by Gasteiger charge is -2.30.